The van der Waals surface area contributed by atoms with Crippen molar-refractivity contribution in [1.29, 1.82) is 0 Å². The van der Waals surface area contributed by atoms with Crippen LogP contribution in [0.15, 0.2) is 22.8 Å². The van der Waals surface area contributed by atoms with Crippen LogP contribution in [0.1, 0.15) is 5.76 Å². The van der Waals surface area contributed by atoms with Gasteiger partial charge in [-0.3, -0.25) is 4.79 Å². The lowest BCUT2D eigenvalue weighted by atomic mass is 9.95. The molecule has 112 valence electrons. The number of aliphatic carboxylic acids is 1. The minimum atomic E-state index is -5.83. The van der Waals surface area contributed by atoms with Crippen LogP contribution in [0.3, 0.4) is 0 Å². The third-order valence-corrected chi connectivity index (χ3v) is 2.18. The zero-order chi connectivity index (χ0) is 15.8. The monoisotopic (exact) mass is 304 g/mol. The second kappa shape index (κ2) is 4.72. The molecule has 1 aromatic rings. The molecule has 0 bridgehead atoms. The first kappa shape index (κ1) is 15.9. The molecule has 1 aromatic heterocycles. The summed E-state index contributed by atoms with van der Waals surface area (Å²) >= 11 is 0. The van der Waals surface area contributed by atoms with Crippen LogP contribution < -0.4 is 10.4 Å². The quantitative estimate of drug-likeness (QED) is 0.823. The van der Waals surface area contributed by atoms with E-state index >= 15 is 0 Å². The summed E-state index contributed by atoms with van der Waals surface area (Å²) in [6.07, 6.45) is -11.0. The van der Waals surface area contributed by atoms with Crippen LogP contribution >= 0.6 is 0 Å². The number of furan rings is 1. The van der Waals surface area contributed by atoms with Crippen molar-refractivity contribution < 1.29 is 45.5 Å². The Bertz CT molecular complexity index is 505. The average molecular weight is 304 g/mol. The Morgan fingerprint density at radius 1 is 1.15 bits per heavy atom. The Morgan fingerprint density at radius 2 is 1.70 bits per heavy atom. The van der Waals surface area contributed by atoms with Crippen LogP contribution in [0.4, 0.5) is 26.3 Å². The number of carboxylic acids is 1. The Hall–Kier alpha value is -2.20. The van der Waals surface area contributed by atoms with Gasteiger partial charge in [-0.1, -0.05) is 0 Å². The number of hydrogen-bond acceptors (Lipinski definition) is 4. The van der Waals surface area contributed by atoms with Gasteiger partial charge in [0.05, 0.1) is 12.2 Å². The maximum Gasteiger partial charge on any atom is 0.471 e. The van der Waals surface area contributed by atoms with Crippen LogP contribution in [-0.2, 0) is 15.1 Å². The van der Waals surface area contributed by atoms with Crippen LogP contribution in [-0.4, -0.2) is 24.2 Å². The van der Waals surface area contributed by atoms with Gasteiger partial charge in [-0.25, -0.2) is 0 Å². The molecule has 1 atom stereocenters. The standard InChI is InChI=1S/C9H5F6NO4/c10-8(11,12)5(17)16-7(6(18)19,9(13,14)15)4-2-1-3-20-4/h1-3H,(H,16,17)(H,18,19)/p-1/t7-/m0/s1. The molecule has 5 nitrogen and oxygen atoms in total. The SMILES string of the molecule is O=C(N[C@](C(=O)[O-])(c1ccco1)C(F)(F)F)C(F)(F)F. The van der Waals surface area contributed by atoms with Crippen LogP contribution in [0.25, 0.3) is 0 Å². The van der Waals surface area contributed by atoms with E-state index in [0.29, 0.717) is 17.6 Å². The molecule has 0 aliphatic carbocycles. The number of alkyl halides is 6. The molecule has 1 heterocycles. The number of carboxylic acid groups (broad SMARTS) is 1. The fourth-order valence-corrected chi connectivity index (χ4v) is 1.27. The van der Waals surface area contributed by atoms with Gasteiger partial charge in [0.15, 0.2) is 0 Å². The van der Waals surface area contributed by atoms with Crippen molar-refractivity contribution in [3.63, 3.8) is 0 Å². The summed E-state index contributed by atoms with van der Waals surface area (Å²) in [7, 11) is 0. The first-order valence-electron chi connectivity index (χ1n) is 4.64. The highest BCUT2D eigenvalue weighted by molar-refractivity contribution is 5.90. The summed E-state index contributed by atoms with van der Waals surface area (Å²) in [5, 5.41) is 11.1. The Kier molecular flexibility index (Phi) is 3.74. The van der Waals surface area contributed by atoms with Gasteiger partial charge in [-0.15, -0.1) is 0 Å². The maximum absolute atomic E-state index is 12.9. The van der Waals surface area contributed by atoms with E-state index in [4.69, 9.17) is 0 Å². The van der Waals surface area contributed by atoms with Crippen LogP contribution in [0.5, 0.6) is 0 Å². The van der Waals surface area contributed by atoms with Crippen molar-refractivity contribution in [1.82, 2.24) is 5.32 Å². The summed E-state index contributed by atoms with van der Waals surface area (Å²) in [5.74, 6) is -7.59. The number of carbonyl (C=O) groups is 2. The minimum Gasteiger partial charge on any atom is -0.547 e. The van der Waals surface area contributed by atoms with E-state index in [0.717, 1.165) is 6.07 Å². The topological polar surface area (TPSA) is 82.4 Å². The van der Waals surface area contributed by atoms with E-state index in [9.17, 15) is 41.0 Å². The number of carbonyl (C=O) groups excluding carboxylic acids is 2. The number of hydrogen-bond donors (Lipinski definition) is 1. The largest absolute Gasteiger partial charge is 0.547 e. The molecule has 20 heavy (non-hydrogen) atoms. The molecule has 0 aliphatic heterocycles. The highest BCUT2D eigenvalue weighted by Crippen LogP contribution is 2.39. The Labute approximate surface area is 106 Å². The summed E-state index contributed by atoms with van der Waals surface area (Å²) in [6, 6.07) is 1.25. The molecular weight excluding hydrogens is 300 g/mol. The first-order valence-corrected chi connectivity index (χ1v) is 4.64. The van der Waals surface area contributed by atoms with Gasteiger partial charge < -0.3 is 19.6 Å². The summed E-state index contributed by atoms with van der Waals surface area (Å²) < 4.78 is 79.0. The first-order chi connectivity index (χ1) is 8.93. The number of rotatable bonds is 3. The third kappa shape index (κ3) is 2.56. The van der Waals surface area contributed by atoms with Gasteiger partial charge in [0.2, 0.25) is 5.54 Å². The van der Waals surface area contributed by atoms with Crippen molar-refractivity contribution in [2.45, 2.75) is 17.9 Å². The van der Waals surface area contributed by atoms with E-state index in [1.807, 2.05) is 0 Å². The van der Waals surface area contributed by atoms with Crippen LogP contribution in [0.2, 0.25) is 0 Å². The van der Waals surface area contributed by atoms with Gasteiger partial charge in [0.25, 0.3) is 0 Å². The maximum atomic E-state index is 12.9. The molecule has 0 aliphatic rings. The van der Waals surface area contributed by atoms with Gasteiger partial charge in [-0.2, -0.15) is 26.3 Å². The normalized spacial score (nSPS) is 15.5. The molecule has 0 unspecified atom stereocenters. The molecule has 0 radical (unpaired) electrons. The van der Waals surface area contributed by atoms with E-state index in [1.54, 1.807) is 0 Å². The molecule has 1 N–H and O–H groups in total. The smallest absolute Gasteiger partial charge is 0.471 e. The molecule has 1 amide bonds. The predicted octanol–water partition coefficient (Wildman–Crippen LogP) is 0.466. The molecule has 0 fully saturated rings. The summed E-state index contributed by atoms with van der Waals surface area (Å²) in [4.78, 5) is 21.4. The average Bonchev–Trinajstić information content (AvgIpc) is 2.74. The highest BCUT2D eigenvalue weighted by atomic mass is 19.4. The fourth-order valence-electron chi connectivity index (χ4n) is 1.27. The van der Waals surface area contributed by atoms with Crippen molar-refractivity contribution in [3.05, 3.63) is 24.2 Å². The Balaban J connectivity index is 3.42. The molecule has 0 saturated heterocycles. The molecule has 0 saturated carbocycles. The van der Waals surface area contributed by atoms with E-state index in [1.165, 1.54) is 0 Å². The molecule has 0 spiro atoms. The molecule has 11 heteroatoms. The third-order valence-electron chi connectivity index (χ3n) is 2.18. The lowest BCUT2D eigenvalue weighted by Gasteiger charge is -2.35. The predicted molar refractivity (Wildman–Crippen MR) is 45.6 cm³/mol. The molecule has 1 rings (SSSR count). The molecular formula is C9H4F6NO4-. The van der Waals surface area contributed by atoms with E-state index in [-0.39, 0.29) is 0 Å². The van der Waals surface area contributed by atoms with Gasteiger partial charge in [-0.05, 0) is 12.1 Å². The van der Waals surface area contributed by atoms with Gasteiger partial charge in [0, 0.05) is 0 Å². The fraction of sp³-hybridized carbons (Fsp3) is 0.333. The van der Waals surface area contributed by atoms with Crippen molar-refractivity contribution in [3.8, 4) is 0 Å². The lowest BCUT2D eigenvalue weighted by molar-refractivity contribution is -0.335. The minimum absolute atomic E-state index is 0.368. The van der Waals surface area contributed by atoms with Gasteiger partial charge >= 0.3 is 18.3 Å². The van der Waals surface area contributed by atoms with Crippen molar-refractivity contribution in [2.75, 3.05) is 0 Å². The Morgan fingerprint density at radius 3 is 2.00 bits per heavy atom. The summed E-state index contributed by atoms with van der Waals surface area (Å²) in [5.41, 5.74) is -4.44. The van der Waals surface area contributed by atoms with E-state index in [2.05, 4.69) is 4.42 Å². The molecule has 0 aromatic carbocycles. The van der Waals surface area contributed by atoms with Crippen molar-refractivity contribution in [2.24, 2.45) is 0 Å². The number of amides is 1. The summed E-state index contributed by atoms with van der Waals surface area (Å²) in [6.45, 7) is 0. The number of halogens is 6. The highest BCUT2D eigenvalue weighted by Gasteiger charge is 2.62. The van der Waals surface area contributed by atoms with Crippen molar-refractivity contribution >= 4 is 11.9 Å². The second-order valence-corrected chi connectivity index (χ2v) is 3.46. The lowest BCUT2D eigenvalue weighted by Crippen LogP contribution is -2.67. The van der Waals surface area contributed by atoms with E-state index < -0.39 is 35.5 Å². The zero-order valence-electron chi connectivity index (χ0n) is 9.13. The second-order valence-electron chi connectivity index (χ2n) is 3.46. The zero-order valence-corrected chi connectivity index (χ0v) is 9.13. The van der Waals surface area contributed by atoms with Gasteiger partial charge in [0.1, 0.15) is 5.76 Å². The number of nitrogens with one attached hydrogen (secondary N) is 1. The van der Waals surface area contributed by atoms with Crippen LogP contribution in [0, 0.1) is 0 Å².